The van der Waals surface area contributed by atoms with Crippen molar-refractivity contribution in [1.82, 2.24) is 9.97 Å². The molecule has 0 aliphatic carbocycles. The first-order valence-electron chi connectivity index (χ1n) is 5.78. The van der Waals surface area contributed by atoms with Gasteiger partial charge in [0.2, 0.25) is 0 Å². The number of nitrogens with one attached hydrogen (secondary N) is 1. The van der Waals surface area contributed by atoms with Crippen LogP contribution >= 0.6 is 39.3 Å². The van der Waals surface area contributed by atoms with Crippen LogP contribution in [0.15, 0.2) is 20.5 Å². The number of H-pyrrole nitrogens is 1. The monoisotopic (exact) mass is 401 g/mol. The molecule has 0 aliphatic rings. The van der Waals surface area contributed by atoms with Crippen LogP contribution in [0.3, 0.4) is 0 Å². The van der Waals surface area contributed by atoms with Crippen LogP contribution in [0.4, 0.5) is 0 Å². The van der Waals surface area contributed by atoms with E-state index in [1.807, 2.05) is 6.07 Å². The van der Waals surface area contributed by atoms with Gasteiger partial charge in [0.15, 0.2) is 16.7 Å². The standard InChI is InChI=1S/C13H9BrClN3O3S/c1-21-7-3-5(8(14)9(15)11(7)19)10-6(4-16)12(20)18-13(17-10)22-2/h3,19H,1-2H3,(H,17,18,20). The van der Waals surface area contributed by atoms with Crippen LogP contribution in [-0.2, 0) is 0 Å². The van der Waals surface area contributed by atoms with E-state index in [1.54, 1.807) is 6.26 Å². The Morgan fingerprint density at radius 1 is 1.59 bits per heavy atom. The van der Waals surface area contributed by atoms with Gasteiger partial charge in [0.25, 0.3) is 5.56 Å². The normalized spacial score (nSPS) is 10.3. The summed E-state index contributed by atoms with van der Waals surface area (Å²) in [6, 6.07) is 3.29. The third-order valence-electron chi connectivity index (χ3n) is 2.82. The Labute approximate surface area is 143 Å². The maximum Gasteiger partial charge on any atom is 0.270 e. The minimum absolute atomic E-state index is 0.00558. The van der Waals surface area contributed by atoms with Crippen molar-refractivity contribution in [2.24, 2.45) is 0 Å². The number of halogens is 2. The number of aromatic hydroxyl groups is 1. The topological polar surface area (TPSA) is 99.0 Å². The molecule has 9 heteroatoms. The van der Waals surface area contributed by atoms with E-state index in [0.29, 0.717) is 15.2 Å². The van der Waals surface area contributed by atoms with Gasteiger partial charge >= 0.3 is 0 Å². The van der Waals surface area contributed by atoms with E-state index < -0.39 is 5.56 Å². The number of benzene rings is 1. The molecule has 0 radical (unpaired) electrons. The first-order valence-corrected chi connectivity index (χ1v) is 8.17. The molecule has 0 unspecified atom stereocenters. The fourth-order valence-electron chi connectivity index (χ4n) is 1.77. The van der Waals surface area contributed by atoms with Crippen LogP contribution in [0.5, 0.6) is 11.5 Å². The molecule has 1 aromatic carbocycles. The molecule has 6 nitrogen and oxygen atoms in total. The van der Waals surface area contributed by atoms with Crippen molar-refractivity contribution < 1.29 is 9.84 Å². The molecule has 2 aromatic rings. The highest BCUT2D eigenvalue weighted by Crippen LogP contribution is 2.45. The SMILES string of the molecule is COc1cc(-c2nc(SC)[nH]c(=O)c2C#N)c(Br)c(Cl)c1O. The number of phenolic OH excluding ortho intramolecular Hbond substituents is 1. The van der Waals surface area contributed by atoms with E-state index >= 15 is 0 Å². The summed E-state index contributed by atoms with van der Waals surface area (Å²) in [4.78, 5) is 18.7. The number of rotatable bonds is 3. The number of nitrogens with zero attached hydrogens (tertiary/aromatic N) is 2. The van der Waals surface area contributed by atoms with Gasteiger partial charge in [-0.25, -0.2) is 4.98 Å². The lowest BCUT2D eigenvalue weighted by molar-refractivity contribution is 0.373. The van der Waals surface area contributed by atoms with Crippen LogP contribution in [0.25, 0.3) is 11.3 Å². The third kappa shape index (κ3) is 2.79. The van der Waals surface area contributed by atoms with E-state index in [2.05, 4.69) is 25.9 Å². The van der Waals surface area contributed by atoms with Crippen molar-refractivity contribution in [2.75, 3.05) is 13.4 Å². The number of hydrogen-bond donors (Lipinski definition) is 2. The maximum absolute atomic E-state index is 12.0. The van der Waals surface area contributed by atoms with Gasteiger partial charge in [-0.1, -0.05) is 23.4 Å². The summed E-state index contributed by atoms with van der Waals surface area (Å²) < 4.78 is 5.36. The first-order chi connectivity index (χ1) is 10.4. The smallest absolute Gasteiger partial charge is 0.270 e. The fourth-order valence-corrected chi connectivity index (χ4v) is 2.83. The van der Waals surface area contributed by atoms with Gasteiger partial charge in [0, 0.05) is 10.0 Å². The second-order valence-electron chi connectivity index (χ2n) is 4.01. The Morgan fingerprint density at radius 2 is 2.27 bits per heavy atom. The predicted octanol–water partition coefficient (Wildman–Crippen LogP) is 3.16. The largest absolute Gasteiger partial charge is 0.503 e. The lowest BCUT2D eigenvalue weighted by Crippen LogP contribution is -2.14. The summed E-state index contributed by atoms with van der Waals surface area (Å²) in [7, 11) is 1.37. The van der Waals surface area contributed by atoms with E-state index in [9.17, 15) is 15.2 Å². The van der Waals surface area contributed by atoms with E-state index in [0.717, 1.165) is 0 Å². The highest BCUT2D eigenvalue weighted by atomic mass is 79.9. The lowest BCUT2D eigenvalue weighted by Gasteiger charge is -2.12. The highest BCUT2D eigenvalue weighted by molar-refractivity contribution is 9.10. The molecule has 0 atom stereocenters. The molecule has 0 bridgehead atoms. The number of thioether (sulfide) groups is 1. The highest BCUT2D eigenvalue weighted by Gasteiger charge is 2.21. The number of ether oxygens (including phenoxy) is 1. The summed E-state index contributed by atoms with van der Waals surface area (Å²) in [6.07, 6.45) is 1.74. The Morgan fingerprint density at radius 3 is 2.82 bits per heavy atom. The third-order valence-corrected chi connectivity index (χ3v) is 4.82. The van der Waals surface area contributed by atoms with Crippen molar-refractivity contribution in [2.45, 2.75) is 5.16 Å². The van der Waals surface area contributed by atoms with Crippen LogP contribution in [-0.4, -0.2) is 28.4 Å². The maximum atomic E-state index is 12.0. The van der Waals surface area contributed by atoms with Gasteiger partial charge in [-0.15, -0.1) is 0 Å². The summed E-state index contributed by atoms with van der Waals surface area (Å²) in [5, 5.41) is 19.5. The molecule has 2 rings (SSSR count). The van der Waals surface area contributed by atoms with E-state index in [1.165, 1.54) is 24.9 Å². The lowest BCUT2D eigenvalue weighted by atomic mass is 10.1. The first kappa shape index (κ1) is 16.7. The average Bonchev–Trinajstić information content (AvgIpc) is 2.52. The molecular weight excluding hydrogens is 394 g/mol. The number of aromatic nitrogens is 2. The predicted molar refractivity (Wildman–Crippen MR) is 87.7 cm³/mol. The molecule has 0 saturated heterocycles. The molecule has 0 aliphatic heterocycles. The molecule has 1 heterocycles. The second kappa shape index (κ2) is 6.60. The number of methoxy groups -OCH3 is 1. The van der Waals surface area contributed by atoms with Gasteiger partial charge in [0.1, 0.15) is 16.7 Å². The summed E-state index contributed by atoms with van der Waals surface area (Å²) in [5.41, 5.74) is -0.172. The average molecular weight is 403 g/mol. The van der Waals surface area contributed by atoms with Crippen molar-refractivity contribution in [3.8, 4) is 28.8 Å². The molecule has 0 amide bonds. The molecular formula is C13H9BrClN3O3S. The molecule has 0 saturated carbocycles. The molecule has 114 valence electrons. The zero-order valence-corrected chi connectivity index (χ0v) is 14.6. The van der Waals surface area contributed by atoms with Crippen molar-refractivity contribution in [1.29, 1.82) is 5.26 Å². The Balaban J connectivity index is 2.88. The van der Waals surface area contributed by atoms with Crippen LogP contribution in [0.1, 0.15) is 5.56 Å². The Bertz CT molecular complexity index is 848. The zero-order chi connectivity index (χ0) is 16.4. The number of nitriles is 1. The van der Waals surface area contributed by atoms with Gasteiger partial charge in [-0.3, -0.25) is 4.79 Å². The molecule has 22 heavy (non-hydrogen) atoms. The van der Waals surface area contributed by atoms with Crippen molar-refractivity contribution in [3.05, 3.63) is 31.5 Å². The second-order valence-corrected chi connectivity index (χ2v) is 5.98. The number of hydrogen-bond acceptors (Lipinski definition) is 6. The molecule has 1 aromatic heterocycles. The van der Waals surface area contributed by atoms with Gasteiger partial charge in [0.05, 0.1) is 12.8 Å². The van der Waals surface area contributed by atoms with E-state index in [-0.39, 0.29) is 27.8 Å². The quantitative estimate of drug-likeness (QED) is 0.604. The zero-order valence-electron chi connectivity index (χ0n) is 11.4. The Kier molecular flexibility index (Phi) is 5.01. The Hall–Kier alpha value is -1.69. The minimum atomic E-state index is -0.549. The summed E-state index contributed by atoms with van der Waals surface area (Å²) in [5.74, 6) is -0.131. The fraction of sp³-hybridized carbons (Fsp3) is 0.154. The van der Waals surface area contributed by atoms with Crippen LogP contribution in [0, 0.1) is 11.3 Å². The number of aromatic amines is 1. The van der Waals surface area contributed by atoms with Gasteiger partial charge in [-0.2, -0.15) is 5.26 Å². The van der Waals surface area contributed by atoms with Crippen molar-refractivity contribution >= 4 is 39.3 Å². The summed E-state index contributed by atoms with van der Waals surface area (Å²) in [6.45, 7) is 0. The molecule has 0 spiro atoms. The van der Waals surface area contributed by atoms with E-state index in [4.69, 9.17) is 16.3 Å². The van der Waals surface area contributed by atoms with Gasteiger partial charge in [-0.05, 0) is 28.3 Å². The molecule has 0 fully saturated rings. The molecule has 2 N–H and O–H groups in total. The number of phenols is 1. The van der Waals surface area contributed by atoms with Gasteiger partial charge < -0.3 is 14.8 Å². The summed E-state index contributed by atoms with van der Waals surface area (Å²) >= 11 is 10.5. The minimum Gasteiger partial charge on any atom is -0.503 e. The van der Waals surface area contributed by atoms with Crippen LogP contribution < -0.4 is 10.3 Å². The van der Waals surface area contributed by atoms with Crippen LogP contribution in [0.2, 0.25) is 5.02 Å². The van der Waals surface area contributed by atoms with Crippen molar-refractivity contribution in [3.63, 3.8) is 0 Å².